The van der Waals surface area contributed by atoms with Crippen LogP contribution in [-0.2, 0) is 4.74 Å². The molecule has 7 heteroatoms. The highest BCUT2D eigenvalue weighted by atomic mass is 19.3. The van der Waals surface area contributed by atoms with Gasteiger partial charge in [0.25, 0.3) is 0 Å². The second kappa shape index (κ2) is 10.2. The number of hydrogen-bond acceptors (Lipinski definition) is 4. The predicted molar refractivity (Wildman–Crippen MR) is 138 cm³/mol. The van der Waals surface area contributed by atoms with E-state index < -0.39 is 6.61 Å². The molecule has 1 aliphatic carbocycles. The quantitative estimate of drug-likeness (QED) is 0.329. The fourth-order valence-electron chi connectivity index (χ4n) is 6.60. The third-order valence-electron chi connectivity index (χ3n) is 8.26. The second-order valence-electron chi connectivity index (χ2n) is 10.4. The number of nitrogens with zero attached hydrogens (tertiary/aromatic N) is 1. The number of carbonyl (C=O) groups excluding carboxylic acids is 2. The maximum Gasteiger partial charge on any atom is 0.410 e. The lowest BCUT2D eigenvalue weighted by Gasteiger charge is -2.47. The fourth-order valence-corrected chi connectivity index (χ4v) is 6.60. The van der Waals surface area contributed by atoms with E-state index in [-0.39, 0.29) is 48.2 Å². The Hall–Kier alpha value is -3.74. The average molecular weight is 518 g/mol. The molecule has 0 saturated carbocycles. The summed E-state index contributed by atoms with van der Waals surface area (Å²) < 4.78 is 35.3. The van der Waals surface area contributed by atoms with Crippen LogP contribution in [0.2, 0.25) is 0 Å². The highest BCUT2D eigenvalue weighted by Gasteiger charge is 2.44. The van der Waals surface area contributed by atoms with Crippen LogP contribution >= 0.6 is 0 Å². The van der Waals surface area contributed by atoms with Crippen molar-refractivity contribution in [2.45, 2.75) is 56.7 Å². The van der Waals surface area contributed by atoms with E-state index in [4.69, 9.17) is 4.74 Å². The maximum absolute atomic E-state index is 13.4. The van der Waals surface area contributed by atoms with Gasteiger partial charge in [0.1, 0.15) is 12.4 Å². The smallest absolute Gasteiger partial charge is 0.410 e. The molecule has 2 fully saturated rings. The molecule has 0 aromatic heterocycles. The molecule has 5 nitrogen and oxygen atoms in total. The standard InChI is InChI=1S/C31H29F2NO4/c32-30(33)38-23-14-12-19(13-15-23)29(35)20-16-21-6-5-7-22(17-20)34(21)31(36)37-18-28-26-10-3-1-8-24(26)25-9-2-4-11-27(25)28/h1-4,8-15,20-22,28,30H,5-7,16-18H2. The van der Waals surface area contributed by atoms with Crippen LogP contribution in [0.3, 0.4) is 0 Å². The lowest BCUT2D eigenvalue weighted by atomic mass is 9.76. The highest BCUT2D eigenvalue weighted by molar-refractivity contribution is 5.98. The molecule has 196 valence electrons. The van der Waals surface area contributed by atoms with Crippen molar-refractivity contribution in [1.29, 1.82) is 0 Å². The number of amides is 1. The Morgan fingerprint density at radius 1 is 0.842 bits per heavy atom. The first-order chi connectivity index (χ1) is 18.5. The number of ketones is 1. The number of rotatable bonds is 6. The van der Waals surface area contributed by atoms with Crippen molar-refractivity contribution in [2.24, 2.45) is 5.92 Å². The van der Waals surface area contributed by atoms with Crippen LogP contribution in [0, 0.1) is 5.92 Å². The summed E-state index contributed by atoms with van der Waals surface area (Å²) in [5, 5.41) is 0. The lowest BCUT2D eigenvalue weighted by molar-refractivity contribution is -0.0498. The van der Waals surface area contributed by atoms with E-state index in [0.717, 1.165) is 19.3 Å². The number of hydrogen-bond donors (Lipinski definition) is 0. The summed E-state index contributed by atoms with van der Waals surface area (Å²) in [4.78, 5) is 28.5. The molecule has 0 spiro atoms. The molecular formula is C31H29F2NO4. The van der Waals surface area contributed by atoms with Crippen molar-refractivity contribution in [3.8, 4) is 16.9 Å². The van der Waals surface area contributed by atoms with Crippen molar-refractivity contribution >= 4 is 11.9 Å². The Balaban J connectivity index is 1.13. The predicted octanol–water partition coefficient (Wildman–Crippen LogP) is 7.05. The first-order valence-electron chi connectivity index (χ1n) is 13.2. The molecule has 1 amide bonds. The fraction of sp³-hybridized carbons (Fsp3) is 0.355. The van der Waals surface area contributed by atoms with Gasteiger partial charge in [0, 0.05) is 29.5 Å². The summed E-state index contributed by atoms with van der Waals surface area (Å²) in [6.45, 7) is -2.63. The van der Waals surface area contributed by atoms with Crippen molar-refractivity contribution in [1.82, 2.24) is 4.90 Å². The minimum atomic E-state index is -2.90. The summed E-state index contributed by atoms with van der Waals surface area (Å²) >= 11 is 0. The third-order valence-corrected chi connectivity index (χ3v) is 8.26. The summed E-state index contributed by atoms with van der Waals surface area (Å²) in [5.74, 6) is -0.205. The molecule has 3 aliphatic rings. The van der Waals surface area contributed by atoms with Gasteiger partial charge in [0.2, 0.25) is 0 Å². The zero-order valence-corrected chi connectivity index (χ0v) is 20.9. The van der Waals surface area contributed by atoms with Crippen molar-refractivity contribution in [2.75, 3.05) is 6.61 Å². The van der Waals surface area contributed by atoms with Gasteiger partial charge in [-0.2, -0.15) is 8.78 Å². The van der Waals surface area contributed by atoms with Crippen LogP contribution in [0.15, 0.2) is 72.8 Å². The molecule has 3 aromatic carbocycles. The number of halogens is 2. The van der Waals surface area contributed by atoms with E-state index in [1.165, 1.54) is 46.5 Å². The van der Waals surface area contributed by atoms with E-state index >= 15 is 0 Å². The Labute approximate surface area is 220 Å². The molecule has 2 aliphatic heterocycles. The van der Waals surface area contributed by atoms with Crippen molar-refractivity contribution < 1.29 is 27.8 Å². The van der Waals surface area contributed by atoms with E-state index in [1.54, 1.807) is 0 Å². The Bertz CT molecular complexity index is 1280. The van der Waals surface area contributed by atoms with Gasteiger partial charge >= 0.3 is 12.7 Å². The average Bonchev–Trinajstić information content (AvgIpc) is 3.24. The van der Waals surface area contributed by atoms with E-state index in [2.05, 4.69) is 29.0 Å². The summed E-state index contributed by atoms with van der Waals surface area (Å²) in [5.41, 5.74) is 5.21. The largest absolute Gasteiger partial charge is 0.448 e. The minimum absolute atomic E-state index is 0.00216. The maximum atomic E-state index is 13.4. The van der Waals surface area contributed by atoms with Crippen LogP contribution in [0.1, 0.15) is 59.5 Å². The van der Waals surface area contributed by atoms with Gasteiger partial charge < -0.3 is 14.4 Å². The molecule has 38 heavy (non-hydrogen) atoms. The Kier molecular flexibility index (Phi) is 6.60. The van der Waals surface area contributed by atoms with Crippen LogP contribution < -0.4 is 4.74 Å². The number of carbonyl (C=O) groups is 2. The zero-order chi connectivity index (χ0) is 26.2. The van der Waals surface area contributed by atoms with Crippen LogP contribution in [0.25, 0.3) is 11.1 Å². The van der Waals surface area contributed by atoms with Crippen LogP contribution in [0.5, 0.6) is 5.75 Å². The summed E-state index contributed by atoms with van der Waals surface area (Å²) in [6.07, 6.45) is 3.55. The molecule has 0 N–H and O–H groups in total. The number of Topliss-reactive ketones (excluding diaryl/α,β-unsaturated/α-hetero) is 1. The topological polar surface area (TPSA) is 55.8 Å². The first kappa shape index (κ1) is 24.6. The first-order valence-corrected chi connectivity index (χ1v) is 13.2. The monoisotopic (exact) mass is 517 g/mol. The van der Waals surface area contributed by atoms with E-state index in [1.807, 2.05) is 29.2 Å². The Morgan fingerprint density at radius 2 is 1.42 bits per heavy atom. The second-order valence-corrected chi connectivity index (χ2v) is 10.4. The minimum Gasteiger partial charge on any atom is -0.448 e. The van der Waals surface area contributed by atoms with Gasteiger partial charge in [0.05, 0.1) is 0 Å². The van der Waals surface area contributed by atoms with Gasteiger partial charge in [-0.05, 0) is 78.6 Å². The lowest BCUT2D eigenvalue weighted by Crippen LogP contribution is -2.55. The van der Waals surface area contributed by atoms with Gasteiger partial charge in [-0.3, -0.25) is 4.79 Å². The summed E-state index contributed by atoms with van der Waals surface area (Å²) in [7, 11) is 0. The number of piperidine rings is 2. The normalized spacial score (nSPS) is 22.1. The van der Waals surface area contributed by atoms with Gasteiger partial charge in [-0.1, -0.05) is 48.5 Å². The number of alkyl halides is 2. The van der Waals surface area contributed by atoms with Gasteiger partial charge in [-0.25, -0.2) is 4.79 Å². The molecule has 3 aromatic rings. The van der Waals surface area contributed by atoms with Gasteiger partial charge in [0.15, 0.2) is 5.78 Å². The number of benzene rings is 3. The molecule has 2 unspecified atom stereocenters. The van der Waals surface area contributed by atoms with Crippen molar-refractivity contribution in [3.63, 3.8) is 0 Å². The molecule has 2 saturated heterocycles. The third kappa shape index (κ3) is 4.55. The molecule has 2 atom stereocenters. The molecular weight excluding hydrogens is 488 g/mol. The highest BCUT2D eigenvalue weighted by Crippen LogP contribution is 2.45. The number of fused-ring (bicyclic) bond motifs is 5. The number of ether oxygens (including phenoxy) is 2. The van der Waals surface area contributed by atoms with Crippen LogP contribution in [0.4, 0.5) is 13.6 Å². The Morgan fingerprint density at radius 3 is 2.00 bits per heavy atom. The van der Waals surface area contributed by atoms with Crippen LogP contribution in [-0.4, -0.2) is 42.1 Å². The molecule has 2 heterocycles. The molecule has 0 radical (unpaired) electrons. The SMILES string of the molecule is O=C(c1ccc(OC(F)F)cc1)C1CC2CCCC(C1)N2C(=O)OCC1c2ccccc2-c2ccccc21. The van der Waals surface area contributed by atoms with Gasteiger partial charge in [-0.15, -0.1) is 0 Å². The van der Waals surface area contributed by atoms with E-state index in [9.17, 15) is 18.4 Å². The zero-order valence-electron chi connectivity index (χ0n) is 20.9. The van der Waals surface area contributed by atoms with Crippen molar-refractivity contribution in [3.05, 3.63) is 89.5 Å². The van der Waals surface area contributed by atoms with E-state index in [0.29, 0.717) is 18.4 Å². The molecule has 2 bridgehead atoms. The molecule has 6 rings (SSSR count). The summed E-state index contributed by atoms with van der Waals surface area (Å²) in [6, 6.07) is 22.3.